The number of aromatic nitrogens is 1. The Hall–Kier alpha value is -1.97. The van der Waals surface area contributed by atoms with Crippen LogP contribution in [-0.2, 0) is 0 Å². The third kappa shape index (κ3) is 1.74. The Labute approximate surface area is 93.8 Å². The first-order chi connectivity index (χ1) is 7.76. The minimum Gasteiger partial charge on any atom is -0.497 e. The fraction of sp³-hybridized carbons (Fsp3) is 0.250. The van der Waals surface area contributed by atoms with Crippen molar-refractivity contribution in [1.29, 1.82) is 0 Å². The van der Waals surface area contributed by atoms with Gasteiger partial charge in [0.1, 0.15) is 17.3 Å². The molecule has 2 aromatic rings. The molecule has 4 heteroatoms. The van der Waals surface area contributed by atoms with Gasteiger partial charge in [-0.05, 0) is 19.1 Å². The molecule has 1 heterocycles. The summed E-state index contributed by atoms with van der Waals surface area (Å²) in [4.78, 5) is 0. The lowest BCUT2D eigenvalue weighted by atomic mass is 10.1. The molecule has 4 nitrogen and oxygen atoms in total. The highest BCUT2D eigenvalue weighted by Crippen LogP contribution is 2.34. The van der Waals surface area contributed by atoms with Crippen molar-refractivity contribution in [2.45, 2.75) is 6.92 Å². The van der Waals surface area contributed by atoms with E-state index in [-0.39, 0.29) is 0 Å². The zero-order valence-corrected chi connectivity index (χ0v) is 9.48. The Morgan fingerprint density at radius 3 is 2.50 bits per heavy atom. The molecule has 0 fully saturated rings. The molecule has 0 bridgehead atoms. The van der Waals surface area contributed by atoms with Crippen molar-refractivity contribution in [1.82, 2.24) is 5.16 Å². The second-order valence-electron chi connectivity index (χ2n) is 3.36. The molecule has 0 saturated heterocycles. The number of aryl methyl sites for hydroxylation is 1. The fourth-order valence-corrected chi connectivity index (χ4v) is 1.58. The molecule has 0 saturated carbocycles. The lowest BCUT2D eigenvalue weighted by Crippen LogP contribution is -1.90. The number of ether oxygens (including phenoxy) is 2. The van der Waals surface area contributed by atoms with Gasteiger partial charge in [0.2, 0.25) is 0 Å². The molecule has 0 unspecified atom stereocenters. The van der Waals surface area contributed by atoms with Crippen LogP contribution in [0.2, 0.25) is 0 Å². The summed E-state index contributed by atoms with van der Waals surface area (Å²) < 4.78 is 15.5. The van der Waals surface area contributed by atoms with E-state index in [0.29, 0.717) is 0 Å². The van der Waals surface area contributed by atoms with Crippen molar-refractivity contribution in [3.8, 4) is 22.6 Å². The molecule has 2 rings (SSSR count). The largest absolute Gasteiger partial charge is 0.497 e. The van der Waals surface area contributed by atoms with Crippen LogP contribution in [-0.4, -0.2) is 19.4 Å². The number of benzene rings is 1. The van der Waals surface area contributed by atoms with Crippen molar-refractivity contribution in [2.24, 2.45) is 0 Å². The first-order valence-electron chi connectivity index (χ1n) is 4.90. The van der Waals surface area contributed by atoms with E-state index < -0.39 is 0 Å². The quantitative estimate of drug-likeness (QED) is 0.796. The van der Waals surface area contributed by atoms with Gasteiger partial charge >= 0.3 is 0 Å². The maximum absolute atomic E-state index is 5.32. The summed E-state index contributed by atoms with van der Waals surface area (Å²) in [5, 5.41) is 3.75. The van der Waals surface area contributed by atoms with Gasteiger partial charge in [-0.1, -0.05) is 5.16 Å². The van der Waals surface area contributed by atoms with Crippen molar-refractivity contribution in [2.75, 3.05) is 14.2 Å². The van der Waals surface area contributed by atoms with Crippen LogP contribution in [0.4, 0.5) is 0 Å². The van der Waals surface area contributed by atoms with Crippen molar-refractivity contribution >= 4 is 0 Å². The molecule has 1 aromatic heterocycles. The number of methoxy groups -OCH3 is 2. The monoisotopic (exact) mass is 219 g/mol. The maximum atomic E-state index is 5.32. The van der Waals surface area contributed by atoms with Gasteiger partial charge in [-0.2, -0.15) is 0 Å². The zero-order chi connectivity index (χ0) is 11.5. The van der Waals surface area contributed by atoms with E-state index >= 15 is 0 Å². The SMILES string of the molecule is COc1ccc(-c2cnoc2C)c(OC)c1. The normalized spacial score (nSPS) is 10.2. The van der Waals surface area contributed by atoms with Gasteiger partial charge < -0.3 is 14.0 Å². The fourth-order valence-electron chi connectivity index (χ4n) is 1.58. The van der Waals surface area contributed by atoms with Crippen molar-refractivity contribution in [3.05, 3.63) is 30.2 Å². The van der Waals surface area contributed by atoms with E-state index in [2.05, 4.69) is 5.16 Å². The second-order valence-corrected chi connectivity index (χ2v) is 3.36. The average molecular weight is 219 g/mol. The highest BCUT2D eigenvalue weighted by molar-refractivity contribution is 5.72. The van der Waals surface area contributed by atoms with Gasteiger partial charge in [0.25, 0.3) is 0 Å². The predicted molar refractivity (Wildman–Crippen MR) is 59.8 cm³/mol. The van der Waals surface area contributed by atoms with E-state index in [1.165, 1.54) is 0 Å². The molecule has 16 heavy (non-hydrogen) atoms. The zero-order valence-electron chi connectivity index (χ0n) is 9.48. The lowest BCUT2D eigenvalue weighted by Gasteiger charge is -2.08. The van der Waals surface area contributed by atoms with Gasteiger partial charge in [0, 0.05) is 17.2 Å². The summed E-state index contributed by atoms with van der Waals surface area (Å²) in [5.41, 5.74) is 1.88. The topological polar surface area (TPSA) is 44.5 Å². The van der Waals surface area contributed by atoms with Gasteiger partial charge in [0.05, 0.1) is 20.4 Å². The second kappa shape index (κ2) is 4.26. The first-order valence-corrected chi connectivity index (χ1v) is 4.90. The minimum atomic E-state index is 0.741. The molecule has 0 aliphatic carbocycles. The molecule has 0 aliphatic rings. The molecule has 0 aliphatic heterocycles. The van der Waals surface area contributed by atoms with Gasteiger partial charge in [-0.15, -0.1) is 0 Å². The van der Waals surface area contributed by atoms with E-state index in [1.54, 1.807) is 20.4 Å². The summed E-state index contributed by atoms with van der Waals surface area (Å²) in [6, 6.07) is 5.64. The molecule has 0 radical (unpaired) electrons. The smallest absolute Gasteiger partial charge is 0.141 e. The van der Waals surface area contributed by atoms with Gasteiger partial charge in [-0.3, -0.25) is 0 Å². The molecular weight excluding hydrogens is 206 g/mol. The summed E-state index contributed by atoms with van der Waals surface area (Å²) in [6.45, 7) is 1.87. The van der Waals surface area contributed by atoms with Crippen LogP contribution >= 0.6 is 0 Å². The van der Waals surface area contributed by atoms with Crippen LogP contribution < -0.4 is 9.47 Å². The highest BCUT2D eigenvalue weighted by Gasteiger charge is 2.12. The Bertz CT molecular complexity index is 491. The molecule has 0 atom stereocenters. The van der Waals surface area contributed by atoms with Crippen molar-refractivity contribution < 1.29 is 14.0 Å². The number of nitrogens with zero attached hydrogens (tertiary/aromatic N) is 1. The van der Waals surface area contributed by atoms with E-state index in [0.717, 1.165) is 28.4 Å². The third-order valence-electron chi connectivity index (χ3n) is 2.45. The molecule has 1 aromatic carbocycles. The van der Waals surface area contributed by atoms with Crippen LogP contribution in [0.1, 0.15) is 5.76 Å². The maximum Gasteiger partial charge on any atom is 0.141 e. The third-order valence-corrected chi connectivity index (χ3v) is 2.45. The van der Waals surface area contributed by atoms with E-state index in [4.69, 9.17) is 14.0 Å². The van der Waals surface area contributed by atoms with Gasteiger partial charge in [0.15, 0.2) is 0 Å². The van der Waals surface area contributed by atoms with Crippen LogP contribution in [0.25, 0.3) is 11.1 Å². The van der Waals surface area contributed by atoms with Crippen LogP contribution in [0.15, 0.2) is 28.9 Å². The molecular formula is C12H13NO3. The van der Waals surface area contributed by atoms with Gasteiger partial charge in [-0.25, -0.2) is 0 Å². The summed E-state index contributed by atoms with van der Waals surface area (Å²) in [6.07, 6.45) is 1.68. The Morgan fingerprint density at radius 1 is 1.12 bits per heavy atom. The van der Waals surface area contributed by atoms with Crippen LogP contribution in [0.3, 0.4) is 0 Å². The summed E-state index contributed by atoms with van der Waals surface area (Å²) in [7, 11) is 3.25. The Balaban J connectivity index is 2.53. The number of hydrogen-bond acceptors (Lipinski definition) is 4. The predicted octanol–water partition coefficient (Wildman–Crippen LogP) is 2.67. The first kappa shape index (κ1) is 10.5. The molecule has 0 amide bonds. The minimum absolute atomic E-state index is 0.741. The number of rotatable bonds is 3. The lowest BCUT2D eigenvalue weighted by molar-refractivity contribution is 0.393. The summed E-state index contributed by atoms with van der Waals surface area (Å²) >= 11 is 0. The average Bonchev–Trinajstić information content (AvgIpc) is 2.74. The van der Waals surface area contributed by atoms with Crippen LogP contribution in [0, 0.1) is 6.92 Å². The van der Waals surface area contributed by atoms with E-state index in [1.807, 2.05) is 25.1 Å². The van der Waals surface area contributed by atoms with E-state index in [9.17, 15) is 0 Å². The summed E-state index contributed by atoms with van der Waals surface area (Å²) in [5.74, 6) is 2.27. The van der Waals surface area contributed by atoms with Crippen LogP contribution in [0.5, 0.6) is 11.5 Å². The standard InChI is InChI=1S/C12H13NO3/c1-8-11(7-13-16-8)10-5-4-9(14-2)6-12(10)15-3/h4-7H,1-3H3. The highest BCUT2D eigenvalue weighted by atomic mass is 16.5. The Kier molecular flexibility index (Phi) is 2.81. The molecule has 0 N–H and O–H groups in total. The molecule has 0 spiro atoms. The Morgan fingerprint density at radius 2 is 1.94 bits per heavy atom. The van der Waals surface area contributed by atoms with Crippen molar-refractivity contribution in [3.63, 3.8) is 0 Å². The number of hydrogen-bond donors (Lipinski definition) is 0. The molecule has 84 valence electrons.